The molecule has 2 aliphatic rings. The number of imidazole rings is 1. The Balaban J connectivity index is 1.66. The van der Waals surface area contributed by atoms with Crippen molar-refractivity contribution in [2.24, 2.45) is 5.92 Å². The van der Waals surface area contributed by atoms with Crippen LogP contribution in [0.2, 0.25) is 0 Å². The zero-order valence-electron chi connectivity index (χ0n) is 12.1. The Labute approximate surface area is 128 Å². The van der Waals surface area contributed by atoms with Crippen molar-refractivity contribution in [2.75, 3.05) is 0 Å². The van der Waals surface area contributed by atoms with Crippen LogP contribution in [0.25, 0.3) is 11.3 Å². The molecule has 3 nitrogen and oxygen atoms in total. The zero-order chi connectivity index (χ0) is 14.7. The van der Waals surface area contributed by atoms with E-state index < -0.39 is 6.10 Å². The van der Waals surface area contributed by atoms with Crippen LogP contribution < -0.4 is 0 Å². The van der Waals surface area contributed by atoms with Crippen molar-refractivity contribution < 1.29 is 5.11 Å². The van der Waals surface area contributed by atoms with E-state index in [1.54, 1.807) is 0 Å². The van der Waals surface area contributed by atoms with E-state index in [4.69, 9.17) is 0 Å². The summed E-state index contributed by atoms with van der Waals surface area (Å²) in [7, 11) is 0. The molecular weight excluding hydrogens is 272 g/mol. The highest BCUT2D eigenvalue weighted by atomic mass is 16.3. The second-order valence-corrected chi connectivity index (χ2v) is 6.23. The van der Waals surface area contributed by atoms with Crippen LogP contribution in [-0.4, -0.2) is 14.7 Å². The maximum atomic E-state index is 10.9. The predicted molar refractivity (Wildman–Crippen MR) is 84.4 cm³/mol. The summed E-state index contributed by atoms with van der Waals surface area (Å²) in [6, 6.07) is 16.9. The highest BCUT2D eigenvalue weighted by Gasteiger charge is 2.41. The highest BCUT2D eigenvalue weighted by molar-refractivity contribution is 5.69. The van der Waals surface area contributed by atoms with E-state index in [9.17, 15) is 5.11 Å². The standard InChI is InChI=1S/C19H16N2O/c22-19-13-6-2-1-5-12(13)9-16(19)18-15-8-4-3-7-14(15)17-10-20-11-21(17)18/h1-8,10-11,16,18-19,22H,9H2/t16-,18-,19+/m0/s1. The van der Waals surface area contributed by atoms with Gasteiger partial charge in [-0.25, -0.2) is 4.98 Å². The molecule has 1 aliphatic heterocycles. The minimum absolute atomic E-state index is 0.161. The van der Waals surface area contributed by atoms with E-state index >= 15 is 0 Å². The van der Waals surface area contributed by atoms with Gasteiger partial charge in [-0.2, -0.15) is 0 Å². The van der Waals surface area contributed by atoms with E-state index in [2.05, 4.69) is 52.0 Å². The van der Waals surface area contributed by atoms with E-state index in [-0.39, 0.29) is 12.0 Å². The number of hydrogen-bond acceptors (Lipinski definition) is 2. The zero-order valence-corrected chi connectivity index (χ0v) is 12.1. The molecule has 1 aromatic heterocycles. The molecule has 108 valence electrons. The SMILES string of the molecule is O[C@@H]1c2ccccc2C[C@H]1[C@@H]1c2ccccc2-c2cncn21. The molecule has 1 N–H and O–H groups in total. The molecule has 2 aromatic carbocycles. The van der Waals surface area contributed by atoms with Gasteiger partial charge in [0.05, 0.1) is 30.4 Å². The summed E-state index contributed by atoms with van der Waals surface area (Å²) in [5, 5.41) is 10.9. The van der Waals surface area contributed by atoms with Crippen molar-refractivity contribution in [1.29, 1.82) is 0 Å². The fourth-order valence-corrected chi connectivity index (χ4v) is 4.20. The van der Waals surface area contributed by atoms with E-state index in [0.717, 1.165) is 17.7 Å². The third kappa shape index (κ3) is 1.46. The Morgan fingerprint density at radius 1 is 1.00 bits per heavy atom. The van der Waals surface area contributed by atoms with Crippen molar-refractivity contribution in [2.45, 2.75) is 18.6 Å². The summed E-state index contributed by atoms with van der Waals surface area (Å²) in [5.41, 5.74) is 6.05. The van der Waals surface area contributed by atoms with Gasteiger partial charge in [0, 0.05) is 11.5 Å². The topological polar surface area (TPSA) is 38.1 Å². The first-order valence-electron chi connectivity index (χ1n) is 7.71. The van der Waals surface area contributed by atoms with Crippen LogP contribution in [0.4, 0.5) is 0 Å². The monoisotopic (exact) mass is 288 g/mol. The molecule has 3 atom stereocenters. The Hall–Kier alpha value is -2.39. The van der Waals surface area contributed by atoms with Gasteiger partial charge in [-0.15, -0.1) is 0 Å². The van der Waals surface area contributed by atoms with Gasteiger partial charge in [0.2, 0.25) is 0 Å². The fourth-order valence-electron chi connectivity index (χ4n) is 4.20. The first kappa shape index (κ1) is 12.2. The van der Waals surface area contributed by atoms with Crippen molar-refractivity contribution in [3.8, 4) is 11.3 Å². The van der Waals surface area contributed by atoms with Gasteiger partial charge in [0.25, 0.3) is 0 Å². The average Bonchev–Trinajstić information content (AvgIpc) is 3.21. The van der Waals surface area contributed by atoms with Crippen LogP contribution in [-0.2, 0) is 6.42 Å². The quantitative estimate of drug-likeness (QED) is 0.745. The number of aliphatic hydroxyl groups is 1. The number of benzene rings is 2. The molecule has 0 bridgehead atoms. The largest absolute Gasteiger partial charge is 0.388 e. The van der Waals surface area contributed by atoms with Gasteiger partial charge in [0.15, 0.2) is 0 Å². The molecule has 0 saturated heterocycles. The predicted octanol–water partition coefficient (Wildman–Crippen LogP) is 3.36. The van der Waals surface area contributed by atoms with Gasteiger partial charge in [-0.3, -0.25) is 0 Å². The maximum Gasteiger partial charge on any atom is 0.0956 e. The first-order valence-corrected chi connectivity index (χ1v) is 7.71. The number of nitrogens with zero attached hydrogens (tertiary/aromatic N) is 2. The summed E-state index contributed by atoms with van der Waals surface area (Å²) in [5.74, 6) is 0.161. The molecule has 0 unspecified atom stereocenters. The lowest BCUT2D eigenvalue weighted by molar-refractivity contribution is 0.102. The molecule has 0 saturated carbocycles. The third-order valence-corrected chi connectivity index (χ3v) is 5.16. The second-order valence-electron chi connectivity index (χ2n) is 6.23. The molecule has 22 heavy (non-hydrogen) atoms. The highest BCUT2D eigenvalue weighted by Crippen LogP contribution is 2.50. The summed E-state index contributed by atoms with van der Waals surface area (Å²) in [4.78, 5) is 4.32. The lowest BCUT2D eigenvalue weighted by Gasteiger charge is -2.25. The smallest absolute Gasteiger partial charge is 0.0956 e. The number of fused-ring (bicyclic) bond motifs is 4. The molecule has 0 spiro atoms. The molecule has 0 amide bonds. The van der Waals surface area contributed by atoms with E-state index in [1.165, 1.54) is 16.7 Å². The number of aliphatic hydroxyl groups excluding tert-OH is 1. The molecule has 2 heterocycles. The molecule has 3 heteroatoms. The van der Waals surface area contributed by atoms with Gasteiger partial charge in [-0.1, -0.05) is 48.5 Å². The number of rotatable bonds is 1. The maximum absolute atomic E-state index is 10.9. The number of hydrogen-bond donors (Lipinski definition) is 1. The summed E-state index contributed by atoms with van der Waals surface area (Å²) in [6.45, 7) is 0. The van der Waals surface area contributed by atoms with E-state index in [1.807, 2.05) is 18.6 Å². The molecule has 5 rings (SSSR count). The molecule has 3 aromatic rings. The van der Waals surface area contributed by atoms with Crippen LogP contribution in [0.15, 0.2) is 61.1 Å². The number of aromatic nitrogens is 2. The van der Waals surface area contributed by atoms with Gasteiger partial charge in [0.1, 0.15) is 0 Å². The summed E-state index contributed by atoms with van der Waals surface area (Å²) >= 11 is 0. The first-order chi connectivity index (χ1) is 10.8. The van der Waals surface area contributed by atoms with E-state index in [0.29, 0.717) is 0 Å². The average molecular weight is 288 g/mol. The lowest BCUT2D eigenvalue weighted by atomic mass is 9.88. The van der Waals surface area contributed by atoms with Crippen molar-refractivity contribution >= 4 is 0 Å². The Morgan fingerprint density at radius 2 is 1.77 bits per heavy atom. The Kier molecular flexibility index (Phi) is 2.38. The molecular formula is C19H16N2O. The van der Waals surface area contributed by atoms with Crippen LogP contribution in [0, 0.1) is 5.92 Å². The van der Waals surface area contributed by atoms with Crippen LogP contribution in [0.1, 0.15) is 28.8 Å². The van der Waals surface area contributed by atoms with Gasteiger partial charge >= 0.3 is 0 Å². The molecule has 1 aliphatic carbocycles. The van der Waals surface area contributed by atoms with Crippen LogP contribution in [0.5, 0.6) is 0 Å². The lowest BCUT2D eigenvalue weighted by Crippen LogP contribution is -2.21. The van der Waals surface area contributed by atoms with Crippen molar-refractivity contribution in [3.63, 3.8) is 0 Å². The minimum atomic E-state index is -0.414. The molecule has 0 fully saturated rings. The van der Waals surface area contributed by atoms with Gasteiger partial charge in [-0.05, 0) is 23.1 Å². The Morgan fingerprint density at radius 3 is 2.64 bits per heavy atom. The fraction of sp³-hybridized carbons (Fsp3) is 0.211. The second kappa shape index (κ2) is 4.31. The normalized spacial score (nSPS) is 24.9. The van der Waals surface area contributed by atoms with Crippen molar-refractivity contribution in [1.82, 2.24) is 9.55 Å². The van der Waals surface area contributed by atoms with Crippen LogP contribution >= 0.6 is 0 Å². The molecule has 0 radical (unpaired) electrons. The summed E-state index contributed by atoms with van der Waals surface area (Å²) < 4.78 is 2.23. The van der Waals surface area contributed by atoms with Gasteiger partial charge < -0.3 is 9.67 Å². The van der Waals surface area contributed by atoms with Crippen LogP contribution in [0.3, 0.4) is 0 Å². The minimum Gasteiger partial charge on any atom is -0.388 e. The Bertz CT molecular complexity index is 867. The van der Waals surface area contributed by atoms with Crippen molar-refractivity contribution in [3.05, 3.63) is 77.7 Å². The summed E-state index contributed by atoms with van der Waals surface area (Å²) in [6.07, 6.45) is 4.32. The third-order valence-electron chi connectivity index (χ3n) is 5.16.